The second-order valence-electron chi connectivity index (χ2n) is 4.72. The molecule has 1 heterocycles. The minimum Gasteiger partial charge on any atom is -0.380 e. The van der Waals surface area contributed by atoms with E-state index < -0.39 is 10.0 Å². The first-order chi connectivity index (χ1) is 9.33. The molecule has 20 heavy (non-hydrogen) atoms. The average molecular weight is 304 g/mol. The molecule has 2 N–H and O–H groups in total. The molecule has 1 unspecified atom stereocenters. The zero-order valence-electron chi connectivity index (χ0n) is 12.7. The second kappa shape index (κ2) is 7.16. The minimum atomic E-state index is -3.56. The van der Waals surface area contributed by atoms with Gasteiger partial charge in [-0.2, -0.15) is 5.10 Å². The Labute approximate surface area is 120 Å². The van der Waals surface area contributed by atoms with Crippen molar-refractivity contribution in [1.82, 2.24) is 19.8 Å². The number of rotatable bonds is 8. The summed E-state index contributed by atoms with van der Waals surface area (Å²) in [5, 5.41) is 7.30. The number of nitrogens with one attached hydrogen (secondary N) is 2. The molecule has 8 heteroatoms. The number of aryl methyl sites for hydroxylation is 1. The monoisotopic (exact) mass is 304 g/mol. The zero-order valence-corrected chi connectivity index (χ0v) is 13.5. The first kappa shape index (κ1) is 17.1. The van der Waals surface area contributed by atoms with Gasteiger partial charge < -0.3 is 10.1 Å². The van der Waals surface area contributed by atoms with Gasteiger partial charge in [0.25, 0.3) is 0 Å². The molecule has 0 bridgehead atoms. The summed E-state index contributed by atoms with van der Waals surface area (Å²) in [6, 6.07) is 0. The third-order valence-electron chi connectivity index (χ3n) is 3.12. The zero-order chi connectivity index (χ0) is 15.3. The number of likely N-dealkylation sites (N-methyl/N-ethyl adjacent to an activating group) is 1. The number of nitrogens with zero attached hydrogens (tertiary/aromatic N) is 2. The molecule has 1 rings (SSSR count). The molecule has 7 nitrogen and oxygen atoms in total. The molecule has 0 aliphatic heterocycles. The summed E-state index contributed by atoms with van der Waals surface area (Å²) in [5.74, 6) is 0. The van der Waals surface area contributed by atoms with E-state index in [1.807, 2.05) is 7.05 Å². The quantitative estimate of drug-likeness (QED) is 0.708. The first-order valence-corrected chi connectivity index (χ1v) is 8.02. The van der Waals surface area contributed by atoms with Crippen LogP contribution in [-0.2, 0) is 21.3 Å². The predicted octanol–water partition coefficient (Wildman–Crippen LogP) is 0.0325. The van der Waals surface area contributed by atoms with Crippen molar-refractivity contribution in [3.8, 4) is 0 Å². The molecule has 0 spiro atoms. The first-order valence-electron chi connectivity index (χ1n) is 6.54. The van der Waals surface area contributed by atoms with Gasteiger partial charge in [-0.25, -0.2) is 13.1 Å². The predicted molar refractivity (Wildman–Crippen MR) is 77.3 cm³/mol. The Morgan fingerprint density at radius 3 is 2.60 bits per heavy atom. The van der Waals surface area contributed by atoms with Gasteiger partial charge in [0.05, 0.1) is 24.0 Å². The largest absolute Gasteiger partial charge is 0.380 e. The molecule has 0 saturated heterocycles. The van der Waals surface area contributed by atoms with Crippen LogP contribution in [0.15, 0.2) is 4.90 Å². The molecule has 0 fully saturated rings. The molecule has 116 valence electrons. The average Bonchev–Trinajstić information content (AvgIpc) is 2.68. The molecular formula is C12H24N4O3S. The van der Waals surface area contributed by atoms with E-state index in [1.54, 1.807) is 32.6 Å². The van der Waals surface area contributed by atoms with Gasteiger partial charge in [0.2, 0.25) is 10.0 Å². The highest BCUT2D eigenvalue weighted by molar-refractivity contribution is 7.89. The maximum absolute atomic E-state index is 12.3. The summed E-state index contributed by atoms with van der Waals surface area (Å²) in [4.78, 5) is 0.261. The summed E-state index contributed by atoms with van der Waals surface area (Å²) in [6.07, 6.45) is -0.176. The van der Waals surface area contributed by atoms with Crippen LogP contribution < -0.4 is 10.0 Å². The van der Waals surface area contributed by atoms with Crippen LogP contribution in [0.3, 0.4) is 0 Å². The number of methoxy groups -OCH3 is 1. The van der Waals surface area contributed by atoms with Gasteiger partial charge in [0.1, 0.15) is 4.90 Å². The maximum atomic E-state index is 12.3. The number of hydrogen-bond acceptors (Lipinski definition) is 5. The van der Waals surface area contributed by atoms with E-state index in [4.69, 9.17) is 4.74 Å². The third-order valence-corrected chi connectivity index (χ3v) is 4.80. The lowest BCUT2D eigenvalue weighted by Gasteiger charge is -2.11. The van der Waals surface area contributed by atoms with Crippen LogP contribution >= 0.6 is 0 Å². The summed E-state index contributed by atoms with van der Waals surface area (Å²) in [6.45, 7) is 6.88. The van der Waals surface area contributed by atoms with Gasteiger partial charge in [-0.3, -0.25) is 4.68 Å². The van der Waals surface area contributed by atoms with Crippen LogP contribution in [0.5, 0.6) is 0 Å². The van der Waals surface area contributed by atoms with Gasteiger partial charge in [-0.05, 0) is 27.8 Å². The van der Waals surface area contributed by atoms with Crippen molar-refractivity contribution in [2.45, 2.75) is 38.3 Å². The van der Waals surface area contributed by atoms with Gasteiger partial charge >= 0.3 is 0 Å². The summed E-state index contributed by atoms with van der Waals surface area (Å²) < 4.78 is 34.0. The normalized spacial score (nSPS) is 13.7. The van der Waals surface area contributed by atoms with Crippen molar-refractivity contribution in [1.29, 1.82) is 0 Å². The molecule has 1 aromatic rings. The number of sulfonamides is 1. The summed E-state index contributed by atoms with van der Waals surface area (Å²) in [7, 11) is -0.174. The molecule has 0 aromatic carbocycles. The smallest absolute Gasteiger partial charge is 0.244 e. The molecule has 1 aromatic heterocycles. The fraction of sp³-hybridized carbons (Fsp3) is 0.750. The van der Waals surface area contributed by atoms with Crippen molar-refractivity contribution in [3.05, 3.63) is 11.4 Å². The molecule has 1 atom stereocenters. The van der Waals surface area contributed by atoms with Crippen LogP contribution in [0.1, 0.15) is 18.3 Å². The van der Waals surface area contributed by atoms with Crippen LogP contribution in [0.25, 0.3) is 0 Å². The van der Waals surface area contributed by atoms with Crippen molar-refractivity contribution in [2.75, 3.05) is 27.2 Å². The lowest BCUT2D eigenvalue weighted by atomic mass is 10.4. The highest BCUT2D eigenvalue weighted by Gasteiger charge is 2.24. The lowest BCUT2D eigenvalue weighted by Crippen LogP contribution is -2.32. The van der Waals surface area contributed by atoms with E-state index in [1.165, 1.54) is 0 Å². The van der Waals surface area contributed by atoms with Gasteiger partial charge in [-0.15, -0.1) is 0 Å². The Balaban J connectivity index is 2.97. The highest BCUT2D eigenvalue weighted by atomic mass is 32.2. The van der Waals surface area contributed by atoms with Crippen molar-refractivity contribution in [2.24, 2.45) is 0 Å². The van der Waals surface area contributed by atoms with Crippen LogP contribution in [-0.4, -0.2) is 51.5 Å². The highest BCUT2D eigenvalue weighted by Crippen LogP contribution is 2.19. The fourth-order valence-corrected chi connectivity index (χ4v) is 3.41. The van der Waals surface area contributed by atoms with E-state index in [2.05, 4.69) is 15.1 Å². The number of hydrogen-bond donors (Lipinski definition) is 2. The molecular weight excluding hydrogens is 280 g/mol. The van der Waals surface area contributed by atoms with Gasteiger partial charge in [0, 0.05) is 20.2 Å². The fourth-order valence-electron chi connectivity index (χ4n) is 1.89. The second-order valence-corrected chi connectivity index (χ2v) is 6.43. The van der Waals surface area contributed by atoms with Crippen molar-refractivity contribution in [3.63, 3.8) is 0 Å². The lowest BCUT2D eigenvalue weighted by molar-refractivity contribution is 0.122. The molecule has 0 amide bonds. The summed E-state index contributed by atoms with van der Waals surface area (Å²) >= 11 is 0. The third kappa shape index (κ3) is 4.02. The van der Waals surface area contributed by atoms with E-state index in [0.717, 1.165) is 6.54 Å². The summed E-state index contributed by atoms with van der Waals surface area (Å²) in [5.41, 5.74) is 1.16. The Morgan fingerprint density at radius 1 is 1.40 bits per heavy atom. The van der Waals surface area contributed by atoms with Crippen LogP contribution in [0.2, 0.25) is 0 Å². The van der Waals surface area contributed by atoms with E-state index in [-0.39, 0.29) is 17.5 Å². The molecule has 0 saturated carbocycles. The Hall–Kier alpha value is -0.960. The Morgan fingerprint density at radius 2 is 2.05 bits per heavy atom. The van der Waals surface area contributed by atoms with Gasteiger partial charge in [-0.1, -0.05) is 0 Å². The number of ether oxygens (including phenoxy) is 1. The van der Waals surface area contributed by atoms with E-state index >= 15 is 0 Å². The molecule has 0 radical (unpaired) electrons. The molecule has 0 aliphatic rings. The number of aromatic nitrogens is 2. The Kier molecular flexibility index (Phi) is 6.12. The Bertz CT molecular complexity index is 539. The van der Waals surface area contributed by atoms with Crippen molar-refractivity contribution < 1.29 is 13.2 Å². The van der Waals surface area contributed by atoms with Crippen molar-refractivity contribution >= 4 is 10.0 Å². The standard InChI is InChI=1S/C12H24N4O3S/c1-9(19-5)8-14-20(17,18)12-10(2)15-16(11(12)3)7-6-13-4/h9,13-14H,6-8H2,1-5H3. The van der Waals surface area contributed by atoms with E-state index in [0.29, 0.717) is 17.9 Å². The molecule has 0 aliphatic carbocycles. The SMILES string of the molecule is CNCCn1nc(C)c(S(=O)(=O)NCC(C)OC)c1C. The maximum Gasteiger partial charge on any atom is 0.244 e. The van der Waals surface area contributed by atoms with Crippen LogP contribution in [0.4, 0.5) is 0 Å². The van der Waals surface area contributed by atoms with E-state index in [9.17, 15) is 8.42 Å². The topological polar surface area (TPSA) is 85.2 Å². The van der Waals surface area contributed by atoms with Gasteiger partial charge in [0.15, 0.2) is 0 Å². The minimum absolute atomic E-state index is 0.176. The van der Waals surface area contributed by atoms with Crippen LogP contribution in [0, 0.1) is 13.8 Å².